The van der Waals surface area contributed by atoms with E-state index in [-0.39, 0.29) is 30.4 Å². The van der Waals surface area contributed by atoms with E-state index in [0.29, 0.717) is 60.1 Å². The summed E-state index contributed by atoms with van der Waals surface area (Å²) < 4.78 is 43.9. The Labute approximate surface area is 296 Å². The molecule has 0 saturated heterocycles. The van der Waals surface area contributed by atoms with E-state index in [2.05, 4.69) is 30.5 Å². The first-order valence-electron chi connectivity index (χ1n) is 16.2. The number of hydrogen-bond acceptors (Lipinski definition) is 12. The number of sulfonamides is 1. The number of nitrogens with zero attached hydrogens (tertiary/aromatic N) is 4. The van der Waals surface area contributed by atoms with Crippen LogP contribution in [0.15, 0.2) is 122 Å². The van der Waals surface area contributed by atoms with Gasteiger partial charge in [-0.1, -0.05) is 24.3 Å². The van der Waals surface area contributed by atoms with Crippen LogP contribution in [-0.2, 0) is 19.5 Å². The summed E-state index contributed by atoms with van der Waals surface area (Å²) in [6.07, 6.45) is 0.494. The Morgan fingerprint density at radius 1 is 0.725 bits per heavy atom. The highest BCUT2D eigenvalue weighted by atomic mass is 32.2. The Balaban J connectivity index is 1.20. The maximum absolute atomic E-state index is 12.7. The number of fused-ring (bicyclic) bond motifs is 1. The van der Waals surface area contributed by atoms with Gasteiger partial charge in [-0.15, -0.1) is 10.2 Å². The summed E-state index contributed by atoms with van der Waals surface area (Å²) in [5, 5.41) is 41.8. The molecule has 51 heavy (non-hydrogen) atoms. The molecule has 0 heterocycles. The van der Waals surface area contributed by atoms with Crippen molar-refractivity contribution in [2.24, 2.45) is 20.5 Å². The first-order chi connectivity index (χ1) is 24.8. The van der Waals surface area contributed by atoms with E-state index in [1.54, 1.807) is 30.3 Å². The lowest BCUT2D eigenvalue weighted by molar-refractivity contribution is 0.0328. The van der Waals surface area contributed by atoms with Gasteiger partial charge in [0.1, 0.15) is 17.1 Å². The van der Waals surface area contributed by atoms with Crippen LogP contribution in [0, 0.1) is 6.92 Å². The Morgan fingerprint density at radius 3 is 2.20 bits per heavy atom. The largest absolute Gasteiger partial charge is 0.505 e. The highest BCUT2D eigenvalue weighted by molar-refractivity contribution is 7.89. The molecule has 14 heteroatoms. The molecule has 5 rings (SSSR count). The van der Waals surface area contributed by atoms with Gasteiger partial charge in [-0.05, 0) is 91.0 Å². The highest BCUT2D eigenvalue weighted by Gasteiger charge is 2.14. The summed E-state index contributed by atoms with van der Waals surface area (Å²) in [5.41, 5.74) is 4.35. The van der Waals surface area contributed by atoms with Gasteiger partial charge in [-0.2, -0.15) is 10.2 Å². The second-order valence-electron chi connectivity index (χ2n) is 11.3. The molecule has 5 aromatic carbocycles. The number of azo groups is 2. The van der Waals surface area contributed by atoms with Gasteiger partial charge in [0.2, 0.25) is 10.0 Å². The summed E-state index contributed by atoms with van der Waals surface area (Å²) in [4.78, 5) is 0.102. The third-order valence-electron chi connectivity index (χ3n) is 7.58. The quantitative estimate of drug-likeness (QED) is 0.0520. The molecule has 0 unspecified atom stereocenters. The molecule has 4 N–H and O–H groups in total. The minimum absolute atomic E-state index is 0.0229. The predicted molar refractivity (Wildman–Crippen MR) is 196 cm³/mol. The second kappa shape index (κ2) is 18.1. The van der Waals surface area contributed by atoms with Crippen LogP contribution >= 0.6 is 0 Å². The van der Waals surface area contributed by atoms with Crippen LogP contribution in [0.5, 0.6) is 11.5 Å². The number of aliphatic hydroxyl groups excluding tert-OH is 1. The molecule has 0 saturated carbocycles. The first kappa shape index (κ1) is 37.0. The Bertz CT molecular complexity index is 2080. The lowest BCUT2D eigenvalue weighted by Crippen LogP contribution is -2.25. The average Bonchev–Trinajstić information content (AvgIpc) is 3.14. The van der Waals surface area contributed by atoms with Crippen LogP contribution in [0.4, 0.5) is 34.1 Å². The van der Waals surface area contributed by atoms with E-state index in [1.165, 1.54) is 19.2 Å². The molecule has 0 aliphatic rings. The number of anilines is 2. The van der Waals surface area contributed by atoms with Crippen LogP contribution in [0.25, 0.3) is 10.8 Å². The second-order valence-corrected chi connectivity index (χ2v) is 13.0. The fourth-order valence-corrected chi connectivity index (χ4v) is 6.00. The van der Waals surface area contributed by atoms with E-state index in [9.17, 15) is 13.5 Å². The first-order valence-corrected chi connectivity index (χ1v) is 17.7. The maximum atomic E-state index is 12.7. The number of hydrogen-bond donors (Lipinski definition) is 4. The normalized spacial score (nSPS) is 11.9. The zero-order valence-electron chi connectivity index (χ0n) is 28.3. The number of rotatable bonds is 18. The van der Waals surface area contributed by atoms with Crippen LogP contribution in [0.3, 0.4) is 0 Å². The Kier molecular flexibility index (Phi) is 13.2. The summed E-state index contributed by atoms with van der Waals surface area (Å²) in [6, 6.07) is 28.6. The molecule has 5 aromatic rings. The fraction of sp³-hybridized carbons (Fsp3) is 0.243. The monoisotopic (exact) mass is 712 g/mol. The van der Waals surface area contributed by atoms with Crippen LogP contribution in [-0.4, -0.2) is 65.3 Å². The zero-order chi connectivity index (χ0) is 36.1. The smallest absolute Gasteiger partial charge is 0.240 e. The van der Waals surface area contributed by atoms with Gasteiger partial charge >= 0.3 is 0 Å². The van der Waals surface area contributed by atoms with Crippen molar-refractivity contribution in [2.45, 2.75) is 18.2 Å². The van der Waals surface area contributed by atoms with Gasteiger partial charge in [0.25, 0.3) is 0 Å². The number of aromatic hydroxyl groups is 1. The van der Waals surface area contributed by atoms with Gasteiger partial charge in [-0.25, -0.2) is 13.1 Å². The van der Waals surface area contributed by atoms with E-state index in [0.717, 1.165) is 22.3 Å². The van der Waals surface area contributed by atoms with E-state index in [1.807, 2.05) is 61.5 Å². The van der Waals surface area contributed by atoms with E-state index in [4.69, 9.17) is 19.3 Å². The van der Waals surface area contributed by atoms with Crippen molar-refractivity contribution in [3.63, 3.8) is 0 Å². The average molecular weight is 713 g/mol. The molecule has 266 valence electrons. The molecule has 0 aromatic heterocycles. The molecule has 0 radical (unpaired) electrons. The van der Waals surface area contributed by atoms with Crippen molar-refractivity contribution in [3.05, 3.63) is 103 Å². The molecular formula is C37H40N6O7S. The number of methoxy groups -OCH3 is 1. The molecule has 0 spiro atoms. The molecule has 0 atom stereocenters. The number of aliphatic hydroxyl groups is 1. The number of nitrogens with one attached hydrogen (secondary N) is 2. The van der Waals surface area contributed by atoms with Gasteiger partial charge in [0.05, 0.1) is 49.8 Å². The van der Waals surface area contributed by atoms with Gasteiger partial charge in [-0.3, -0.25) is 0 Å². The number of phenols is 1. The zero-order valence-corrected chi connectivity index (χ0v) is 29.1. The van der Waals surface area contributed by atoms with Gasteiger partial charge < -0.3 is 29.7 Å². The summed E-state index contributed by atoms with van der Waals surface area (Å²) >= 11 is 0. The summed E-state index contributed by atoms with van der Waals surface area (Å²) in [6.45, 7) is 3.40. The van der Waals surface area contributed by atoms with Crippen molar-refractivity contribution in [1.82, 2.24) is 4.72 Å². The highest BCUT2D eigenvalue weighted by Crippen LogP contribution is 2.39. The predicted octanol–water partition coefficient (Wildman–Crippen LogP) is 8.13. The van der Waals surface area contributed by atoms with Crippen molar-refractivity contribution < 1.29 is 32.8 Å². The van der Waals surface area contributed by atoms with Crippen LogP contribution in [0.2, 0.25) is 0 Å². The lowest BCUT2D eigenvalue weighted by atomic mass is 10.1. The third kappa shape index (κ3) is 10.4. The molecule has 0 aliphatic heterocycles. The minimum atomic E-state index is -3.71. The lowest BCUT2D eigenvalue weighted by Gasteiger charge is -2.10. The van der Waals surface area contributed by atoms with Crippen molar-refractivity contribution in [3.8, 4) is 11.5 Å². The molecule has 0 bridgehead atoms. The minimum Gasteiger partial charge on any atom is -0.505 e. The number of phenolic OH excluding ortho intramolecular Hbond substituents is 1. The number of aryl methyl sites for hydroxylation is 1. The maximum Gasteiger partial charge on any atom is 0.240 e. The Morgan fingerprint density at radius 2 is 1.45 bits per heavy atom. The molecule has 0 fully saturated rings. The van der Waals surface area contributed by atoms with Crippen molar-refractivity contribution in [1.29, 1.82) is 0 Å². The fourth-order valence-electron chi connectivity index (χ4n) is 4.92. The van der Waals surface area contributed by atoms with Gasteiger partial charge in [0.15, 0.2) is 5.75 Å². The van der Waals surface area contributed by atoms with Gasteiger partial charge in [0, 0.05) is 36.0 Å². The number of ether oxygens (including phenoxy) is 3. The Hall–Kier alpha value is -5.25. The van der Waals surface area contributed by atoms with Crippen LogP contribution < -0.4 is 14.8 Å². The SMILES string of the molecule is COc1cc(N=Nc2ccc3cc(Nc4ccccc4)ccc3c2O)c(C)cc1N=Nc1ccc(S(=O)(=O)NCCCOCCOCCO)cc1. The van der Waals surface area contributed by atoms with E-state index < -0.39 is 10.0 Å². The molecule has 0 aliphatic carbocycles. The molecule has 0 amide bonds. The molecule has 13 nitrogen and oxygen atoms in total. The number of benzene rings is 5. The number of para-hydroxylation sites is 1. The van der Waals surface area contributed by atoms with Crippen LogP contribution in [0.1, 0.15) is 12.0 Å². The summed E-state index contributed by atoms with van der Waals surface area (Å²) in [5.74, 6) is 0.430. The summed E-state index contributed by atoms with van der Waals surface area (Å²) in [7, 11) is -2.20. The molecular weight excluding hydrogens is 673 g/mol. The van der Waals surface area contributed by atoms with E-state index >= 15 is 0 Å². The topological polar surface area (TPSA) is 176 Å². The van der Waals surface area contributed by atoms with Crippen molar-refractivity contribution in [2.75, 3.05) is 52.0 Å². The third-order valence-corrected chi connectivity index (χ3v) is 9.06. The standard InChI is InChI=1S/C37H40N6O7S/c1-26-23-35(43-40-29-10-13-31(14-11-29)51(46,47)38-17-6-19-49-21-22-50-20-18-44)36(48-2)25-34(26)42-41-33-16-9-27-24-30(12-15-32(27)37(33)45)39-28-7-4-3-5-8-28/h3-5,7-16,23-25,38-39,44-45H,6,17-22H2,1-2H3. The van der Waals surface area contributed by atoms with Crippen molar-refractivity contribution >= 4 is 54.9 Å².